The van der Waals surface area contributed by atoms with Gasteiger partial charge in [-0.25, -0.2) is 4.39 Å². The maximum atomic E-state index is 13.7. The zero-order valence-electron chi connectivity index (χ0n) is 15.4. The summed E-state index contributed by atoms with van der Waals surface area (Å²) in [5.74, 6) is 1.01. The first kappa shape index (κ1) is 17.8. The molecule has 0 aliphatic carbocycles. The molecule has 1 fully saturated rings. The molecule has 4 rings (SSSR count). The van der Waals surface area contributed by atoms with E-state index in [4.69, 9.17) is 9.47 Å². The Balaban J connectivity index is 1.48. The average Bonchev–Trinajstić information content (AvgIpc) is 3.03. The van der Waals surface area contributed by atoms with Gasteiger partial charge in [-0.3, -0.25) is 9.69 Å². The molecular weight excluding hydrogens is 347 g/mol. The van der Waals surface area contributed by atoms with Crippen LogP contribution in [-0.2, 0) is 11.3 Å². The molecular formula is C21H23FN2O3. The van der Waals surface area contributed by atoms with Crippen molar-refractivity contribution in [1.29, 1.82) is 0 Å². The highest BCUT2D eigenvalue weighted by atomic mass is 19.1. The van der Waals surface area contributed by atoms with Gasteiger partial charge in [0.25, 0.3) is 0 Å². The third kappa shape index (κ3) is 3.37. The molecule has 5 nitrogen and oxygen atoms in total. The Kier molecular flexibility index (Phi) is 4.74. The van der Waals surface area contributed by atoms with Crippen molar-refractivity contribution in [1.82, 2.24) is 10.2 Å². The molecule has 2 aliphatic heterocycles. The van der Waals surface area contributed by atoms with E-state index < -0.39 is 0 Å². The van der Waals surface area contributed by atoms with E-state index in [1.54, 1.807) is 13.2 Å². The van der Waals surface area contributed by atoms with Gasteiger partial charge in [0.2, 0.25) is 5.91 Å². The van der Waals surface area contributed by atoms with Crippen LogP contribution in [0, 0.1) is 17.7 Å². The van der Waals surface area contributed by atoms with E-state index in [1.165, 1.54) is 12.1 Å². The van der Waals surface area contributed by atoms with E-state index >= 15 is 0 Å². The molecule has 2 aromatic rings. The second-order valence-electron chi connectivity index (χ2n) is 7.22. The quantitative estimate of drug-likeness (QED) is 0.899. The Morgan fingerprint density at radius 3 is 3.00 bits per heavy atom. The summed E-state index contributed by atoms with van der Waals surface area (Å²) in [6, 6.07) is 12.2. The van der Waals surface area contributed by atoms with Gasteiger partial charge in [-0.1, -0.05) is 12.1 Å². The molecule has 2 aromatic carbocycles. The van der Waals surface area contributed by atoms with Gasteiger partial charge in [-0.15, -0.1) is 0 Å². The minimum absolute atomic E-state index is 0.000577. The van der Waals surface area contributed by atoms with E-state index in [9.17, 15) is 9.18 Å². The predicted molar refractivity (Wildman–Crippen MR) is 99.1 cm³/mol. The Morgan fingerprint density at radius 2 is 2.19 bits per heavy atom. The lowest BCUT2D eigenvalue weighted by molar-refractivity contribution is -0.126. The number of halogens is 1. The zero-order valence-corrected chi connectivity index (χ0v) is 15.4. The fourth-order valence-corrected chi connectivity index (χ4v) is 4.23. The fourth-order valence-electron chi connectivity index (χ4n) is 4.23. The summed E-state index contributed by atoms with van der Waals surface area (Å²) < 4.78 is 24.8. The molecule has 2 heterocycles. The van der Waals surface area contributed by atoms with Gasteiger partial charge in [0.05, 0.1) is 19.6 Å². The second kappa shape index (κ2) is 7.19. The molecule has 0 radical (unpaired) electrons. The minimum atomic E-state index is -0.280. The normalized spacial score (nSPS) is 23.9. The highest BCUT2D eigenvalue weighted by Crippen LogP contribution is 2.46. The van der Waals surface area contributed by atoms with Gasteiger partial charge in [-0.05, 0) is 42.9 Å². The maximum Gasteiger partial charge on any atom is 0.225 e. The van der Waals surface area contributed by atoms with E-state index in [0.717, 1.165) is 16.9 Å². The zero-order chi connectivity index (χ0) is 19.0. The molecule has 0 saturated carbocycles. The average molecular weight is 370 g/mol. The molecule has 0 aromatic heterocycles. The highest BCUT2D eigenvalue weighted by Gasteiger charge is 2.47. The minimum Gasteiger partial charge on any atom is -0.497 e. The number of rotatable bonds is 4. The molecule has 1 saturated heterocycles. The lowest BCUT2D eigenvalue weighted by Crippen LogP contribution is -2.37. The number of hydrogen-bond donors (Lipinski definition) is 1. The smallest absolute Gasteiger partial charge is 0.225 e. The van der Waals surface area contributed by atoms with Crippen LogP contribution in [0.15, 0.2) is 42.5 Å². The summed E-state index contributed by atoms with van der Waals surface area (Å²) in [5.41, 5.74) is 1.81. The third-order valence-corrected chi connectivity index (χ3v) is 5.54. The summed E-state index contributed by atoms with van der Waals surface area (Å²) >= 11 is 0. The number of nitrogens with one attached hydrogen (secondary N) is 1. The number of benzene rings is 2. The van der Waals surface area contributed by atoms with Crippen molar-refractivity contribution < 1.29 is 18.7 Å². The second-order valence-corrected chi connectivity index (χ2v) is 7.22. The number of ether oxygens (including phenoxy) is 2. The highest BCUT2D eigenvalue weighted by molar-refractivity contribution is 5.80. The molecule has 142 valence electrons. The Bertz CT molecular complexity index is 857. The van der Waals surface area contributed by atoms with Crippen molar-refractivity contribution in [2.24, 2.45) is 11.8 Å². The monoisotopic (exact) mass is 370 g/mol. The van der Waals surface area contributed by atoms with Crippen molar-refractivity contribution in [3.8, 4) is 11.5 Å². The van der Waals surface area contributed by atoms with Crippen LogP contribution in [0.25, 0.3) is 0 Å². The van der Waals surface area contributed by atoms with Crippen molar-refractivity contribution in [3.63, 3.8) is 0 Å². The van der Waals surface area contributed by atoms with Crippen LogP contribution in [0.4, 0.5) is 4.39 Å². The first-order chi connectivity index (χ1) is 13.1. The molecule has 6 heteroatoms. The Labute approximate surface area is 158 Å². The Hall–Kier alpha value is -2.60. The van der Waals surface area contributed by atoms with Crippen molar-refractivity contribution in [3.05, 3.63) is 59.4 Å². The largest absolute Gasteiger partial charge is 0.497 e. The summed E-state index contributed by atoms with van der Waals surface area (Å²) in [4.78, 5) is 15.0. The van der Waals surface area contributed by atoms with Crippen LogP contribution in [0.2, 0.25) is 0 Å². The maximum absolute atomic E-state index is 13.7. The number of carbonyl (C=O) groups is 1. The van der Waals surface area contributed by atoms with Gasteiger partial charge < -0.3 is 14.8 Å². The first-order valence-corrected chi connectivity index (χ1v) is 9.10. The molecule has 27 heavy (non-hydrogen) atoms. The topological polar surface area (TPSA) is 50.8 Å². The lowest BCUT2D eigenvalue weighted by Gasteiger charge is -2.33. The SMILES string of the molecule is COc1cccc(CNC(=O)[C@@H]2CN(C)[C@H]3c4cc(F)ccc4OC[C@@H]23)c1. The number of methoxy groups -OCH3 is 1. The number of nitrogens with zero attached hydrogens (tertiary/aromatic N) is 1. The van der Waals surface area contributed by atoms with Crippen molar-refractivity contribution >= 4 is 5.91 Å². The van der Waals surface area contributed by atoms with Crippen LogP contribution in [0.5, 0.6) is 11.5 Å². The van der Waals surface area contributed by atoms with Crippen LogP contribution in [0.1, 0.15) is 17.2 Å². The van der Waals surface area contributed by atoms with Crippen LogP contribution >= 0.6 is 0 Å². The molecule has 1 N–H and O–H groups in total. The van der Waals surface area contributed by atoms with E-state index in [1.807, 2.05) is 31.3 Å². The third-order valence-electron chi connectivity index (χ3n) is 5.54. The fraction of sp³-hybridized carbons (Fsp3) is 0.381. The standard InChI is InChI=1S/C21H23FN2O3/c1-24-11-17(21(25)23-10-13-4-3-5-15(8-13)26-2)18-12-27-19-7-6-14(22)9-16(19)20(18)24/h3-9,17-18,20H,10-12H2,1-2H3,(H,23,25)/t17-,18+,20+/m1/s1. The van der Waals surface area contributed by atoms with E-state index in [0.29, 0.717) is 25.4 Å². The summed E-state index contributed by atoms with van der Waals surface area (Å²) in [6.45, 7) is 1.53. The van der Waals surface area contributed by atoms with Gasteiger partial charge in [0.15, 0.2) is 0 Å². The number of fused-ring (bicyclic) bond motifs is 3. The summed E-state index contributed by atoms with van der Waals surface area (Å²) in [5, 5.41) is 3.03. The van der Waals surface area contributed by atoms with Gasteiger partial charge >= 0.3 is 0 Å². The van der Waals surface area contributed by atoms with E-state index in [-0.39, 0.29) is 29.6 Å². The predicted octanol–water partition coefficient (Wildman–Crippen LogP) is 2.76. The summed E-state index contributed by atoms with van der Waals surface area (Å²) in [7, 11) is 3.60. The van der Waals surface area contributed by atoms with Gasteiger partial charge in [-0.2, -0.15) is 0 Å². The van der Waals surface area contributed by atoms with Crippen molar-refractivity contribution in [2.45, 2.75) is 12.6 Å². The van der Waals surface area contributed by atoms with E-state index in [2.05, 4.69) is 10.2 Å². The van der Waals surface area contributed by atoms with Gasteiger partial charge in [0.1, 0.15) is 17.3 Å². The summed E-state index contributed by atoms with van der Waals surface area (Å²) in [6.07, 6.45) is 0. The molecule has 3 atom stereocenters. The number of hydrogen-bond acceptors (Lipinski definition) is 4. The Morgan fingerprint density at radius 1 is 1.33 bits per heavy atom. The first-order valence-electron chi connectivity index (χ1n) is 9.10. The van der Waals surface area contributed by atoms with Gasteiger partial charge in [0, 0.05) is 30.6 Å². The van der Waals surface area contributed by atoms with Crippen molar-refractivity contribution in [2.75, 3.05) is 27.3 Å². The molecule has 0 unspecified atom stereocenters. The number of carbonyl (C=O) groups excluding carboxylic acids is 1. The number of amides is 1. The van der Waals surface area contributed by atoms with Crippen LogP contribution in [0.3, 0.4) is 0 Å². The molecule has 0 bridgehead atoms. The molecule has 1 amide bonds. The number of likely N-dealkylation sites (tertiary alicyclic amines) is 1. The van der Waals surface area contributed by atoms with Crippen LogP contribution < -0.4 is 14.8 Å². The molecule has 2 aliphatic rings. The van der Waals surface area contributed by atoms with Crippen LogP contribution in [-0.4, -0.2) is 38.1 Å². The lowest BCUT2D eigenvalue weighted by atomic mass is 9.85. The molecule has 0 spiro atoms.